The van der Waals surface area contributed by atoms with Crippen LogP contribution in [0.25, 0.3) is 0 Å². The van der Waals surface area contributed by atoms with Crippen molar-refractivity contribution in [1.29, 1.82) is 0 Å². The van der Waals surface area contributed by atoms with Crippen molar-refractivity contribution in [2.75, 3.05) is 5.32 Å². The van der Waals surface area contributed by atoms with Crippen LogP contribution in [0.2, 0.25) is 5.02 Å². The molecular formula is C17H16ClNO4. The summed E-state index contributed by atoms with van der Waals surface area (Å²) in [4.78, 5) is 24.1. The van der Waals surface area contributed by atoms with Gasteiger partial charge in [0.1, 0.15) is 11.3 Å². The number of hydrogen-bond donors (Lipinski definition) is 2. The number of hydrogen-bond acceptors (Lipinski definition) is 4. The Bertz CT molecular complexity index is 745. The lowest BCUT2D eigenvalue weighted by Gasteiger charge is -2.15. The van der Waals surface area contributed by atoms with Gasteiger partial charge in [0.05, 0.1) is 0 Å². The van der Waals surface area contributed by atoms with E-state index >= 15 is 0 Å². The highest BCUT2D eigenvalue weighted by atomic mass is 35.5. The molecule has 2 aromatic rings. The summed E-state index contributed by atoms with van der Waals surface area (Å²) >= 11 is 5.90. The number of halogens is 1. The van der Waals surface area contributed by atoms with Gasteiger partial charge in [-0.3, -0.25) is 4.79 Å². The normalized spacial score (nSPS) is 11.6. The predicted molar refractivity (Wildman–Crippen MR) is 87.8 cm³/mol. The number of benzene rings is 2. The lowest BCUT2D eigenvalue weighted by Crippen LogP contribution is -2.30. The molecule has 2 aromatic carbocycles. The second kappa shape index (κ2) is 7.15. The molecule has 0 aliphatic rings. The molecule has 5 nitrogen and oxygen atoms in total. The molecule has 0 spiro atoms. The number of anilines is 1. The van der Waals surface area contributed by atoms with Crippen molar-refractivity contribution in [3.8, 4) is 5.75 Å². The van der Waals surface area contributed by atoms with E-state index in [9.17, 15) is 14.7 Å². The lowest BCUT2D eigenvalue weighted by molar-refractivity contribution is -0.123. The molecular weight excluding hydrogens is 318 g/mol. The standard InChI is InChI=1S/C17H16ClNO4/c1-10-7-8-12(18)9-14(10)19-16(21)11(2)23-17(22)13-5-3-4-6-15(13)20/h3-9,11,20H,1-2H3,(H,19,21). The number of carbonyl (C=O) groups is 2. The topological polar surface area (TPSA) is 75.6 Å². The Morgan fingerprint density at radius 3 is 2.61 bits per heavy atom. The Morgan fingerprint density at radius 2 is 1.91 bits per heavy atom. The minimum atomic E-state index is -1.03. The van der Waals surface area contributed by atoms with Gasteiger partial charge >= 0.3 is 5.97 Å². The third-order valence-electron chi connectivity index (χ3n) is 3.23. The number of para-hydroxylation sites is 1. The fourth-order valence-corrected chi connectivity index (χ4v) is 2.06. The average molecular weight is 334 g/mol. The average Bonchev–Trinajstić information content (AvgIpc) is 2.51. The first-order chi connectivity index (χ1) is 10.9. The molecule has 0 aliphatic carbocycles. The fraction of sp³-hybridized carbons (Fsp3) is 0.176. The summed E-state index contributed by atoms with van der Waals surface area (Å²) in [6, 6.07) is 11.1. The van der Waals surface area contributed by atoms with E-state index in [1.165, 1.54) is 19.1 Å². The largest absolute Gasteiger partial charge is 0.507 e. The van der Waals surface area contributed by atoms with Gasteiger partial charge in [0, 0.05) is 10.7 Å². The van der Waals surface area contributed by atoms with E-state index in [-0.39, 0.29) is 11.3 Å². The first-order valence-corrected chi connectivity index (χ1v) is 7.32. The summed E-state index contributed by atoms with van der Waals surface area (Å²) in [7, 11) is 0. The minimum Gasteiger partial charge on any atom is -0.507 e. The van der Waals surface area contributed by atoms with Crippen LogP contribution in [0.15, 0.2) is 42.5 Å². The summed E-state index contributed by atoms with van der Waals surface area (Å²) in [5, 5.41) is 12.8. The van der Waals surface area contributed by atoms with E-state index in [1.54, 1.807) is 30.3 Å². The fourth-order valence-electron chi connectivity index (χ4n) is 1.89. The van der Waals surface area contributed by atoms with Crippen molar-refractivity contribution in [1.82, 2.24) is 0 Å². The zero-order valence-electron chi connectivity index (χ0n) is 12.7. The van der Waals surface area contributed by atoms with Crippen LogP contribution in [0.5, 0.6) is 5.75 Å². The molecule has 0 aliphatic heterocycles. The molecule has 2 rings (SSSR count). The number of rotatable bonds is 4. The highest BCUT2D eigenvalue weighted by Gasteiger charge is 2.21. The van der Waals surface area contributed by atoms with Crippen molar-refractivity contribution in [2.45, 2.75) is 20.0 Å². The summed E-state index contributed by atoms with van der Waals surface area (Å²) in [6.45, 7) is 3.28. The molecule has 0 heterocycles. The smallest absolute Gasteiger partial charge is 0.342 e. The molecule has 1 unspecified atom stereocenters. The number of carbonyl (C=O) groups excluding carboxylic acids is 2. The van der Waals surface area contributed by atoms with Crippen molar-refractivity contribution in [2.24, 2.45) is 0 Å². The predicted octanol–water partition coefficient (Wildman–Crippen LogP) is 3.54. The molecule has 0 radical (unpaired) electrons. The zero-order valence-corrected chi connectivity index (χ0v) is 13.4. The number of aryl methyl sites for hydroxylation is 1. The third kappa shape index (κ3) is 4.23. The first kappa shape index (κ1) is 16.8. The van der Waals surface area contributed by atoms with Crippen molar-refractivity contribution >= 4 is 29.2 Å². The minimum absolute atomic E-state index is 0.00564. The Hall–Kier alpha value is -2.53. The number of phenolic OH excluding ortho intramolecular Hbond substituents is 1. The van der Waals surface area contributed by atoms with Crippen molar-refractivity contribution in [3.05, 3.63) is 58.6 Å². The van der Waals surface area contributed by atoms with E-state index in [0.29, 0.717) is 10.7 Å². The van der Waals surface area contributed by atoms with E-state index in [4.69, 9.17) is 16.3 Å². The van der Waals surface area contributed by atoms with Gasteiger partial charge in [-0.15, -0.1) is 0 Å². The van der Waals surface area contributed by atoms with E-state index in [1.807, 2.05) is 6.92 Å². The van der Waals surface area contributed by atoms with Crippen LogP contribution in [-0.4, -0.2) is 23.1 Å². The van der Waals surface area contributed by atoms with Crippen LogP contribution in [0.1, 0.15) is 22.8 Å². The molecule has 0 bridgehead atoms. The Morgan fingerprint density at radius 1 is 1.22 bits per heavy atom. The SMILES string of the molecule is Cc1ccc(Cl)cc1NC(=O)C(C)OC(=O)c1ccccc1O. The number of esters is 1. The van der Waals surface area contributed by atoms with Crippen LogP contribution in [0.4, 0.5) is 5.69 Å². The molecule has 0 aromatic heterocycles. The van der Waals surface area contributed by atoms with Gasteiger partial charge < -0.3 is 15.2 Å². The Balaban J connectivity index is 2.04. The number of amides is 1. The molecule has 0 saturated heterocycles. The second-order valence-corrected chi connectivity index (χ2v) is 5.45. The molecule has 1 amide bonds. The summed E-state index contributed by atoms with van der Waals surface area (Å²) in [5.41, 5.74) is 1.39. The van der Waals surface area contributed by atoms with Gasteiger partial charge in [-0.25, -0.2) is 4.79 Å². The second-order valence-electron chi connectivity index (χ2n) is 5.01. The molecule has 0 saturated carbocycles. The van der Waals surface area contributed by atoms with E-state index in [0.717, 1.165) is 5.56 Å². The summed E-state index contributed by atoms with van der Waals surface area (Å²) in [6.07, 6.45) is -1.03. The quantitative estimate of drug-likeness (QED) is 0.839. The Kier molecular flexibility index (Phi) is 5.24. The number of nitrogens with one attached hydrogen (secondary N) is 1. The number of phenols is 1. The van der Waals surface area contributed by atoms with Crippen LogP contribution >= 0.6 is 11.6 Å². The lowest BCUT2D eigenvalue weighted by atomic mass is 10.2. The molecule has 23 heavy (non-hydrogen) atoms. The van der Waals surface area contributed by atoms with Crippen molar-refractivity contribution < 1.29 is 19.4 Å². The van der Waals surface area contributed by atoms with Gasteiger partial charge in [0.25, 0.3) is 5.91 Å². The monoisotopic (exact) mass is 333 g/mol. The van der Waals surface area contributed by atoms with Gasteiger partial charge in [0.15, 0.2) is 6.10 Å². The van der Waals surface area contributed by atoms with Crippen LogP contribution < -0.4 is 5.32 Å². The van der Waals surface area contributed by atoms with Gasteiger partial charge in [-0.05, 0) is 43.7 Å². The van der Waals surface area contributed by atoms with Crippen LogP contribution in [0, 0.1) is 6.92 Å². The highest BCUT2D eigenvalue weighted by molar-refractivity contribution is 6.31. The number of aromatic hydroxyl groups is 1. The Labute approximate surface area is 138 Å². The van der Waals surface area contributed by atoms with Crippen molar-refractivity contribution in [3.63, 3.8) is 0 Å². The summed E-state index contributed by atoms with van der Waals surface area (Å²) < 4.78 is 5.08. The highest BCUT2D eigenvalue weighted by Crippen LogP contribution is 2.21. The molecule has 0 fully saturated rings. The zero-order chi connectivity index (χ0) is 17.0. The molecule has 120 valence electrons. The van der Waals surface area contributed by atoms with Gasteiger partial charge in [-0.1, -0.05) is 29.8 Å². The van der Waals surface area contributed by atoms with Crippen LogP contribution in [-0.2, 0) is 9.53 Å². The maximum absolute atomic E-state index is 12.1. The molecule has 2 N–H and O–H groups in total. The van der Waals surface area contributed by atoms with Gasteiger partial charge in [-0.2, -0.15) is 0 Å². The van der Waals surface area contributed by atoms with Crippen LogP contribution in [0.3, 0.4) is 0 Å². The molecule has 6 heteroatoms. The number of ether oxygens (including phenoxy) is 1. The third-order valence-corrected chi connectivity index (χ3v) is 3.47. The maximum atomic E-state index is 12.1. The summed E-state index contributed by atoms with van der Waals surface area (Å²) in [5.74, 6) is -1.46. The van der Waals surface area contributed by atoms with E-state index in [2.05, 4.69) is 5.32 Å². The maximum Gasteiger partial charge on any atom is 0.342 e. The van der Waals surface area contributed by atoms with E-state index < -0.39 is 18.0 Å². The van der Waals surface area contributed by atoms with Gasteiger partial charge in [0.2, 0.25) is 0 Å². The first-order valence-electron chi connectivity index (χ1n) is 6.94. The molecule has 1 atom stereocenters.